The number of piperidine rings is 1. The van der Waals surface area contributed by atoms with Gasteiger partial charge in [0.2, 0.25) is 0 Å². The van der Waals surface area contributed by atoms with Crippen LogP contribution in [0.4, 0.5) is 5.69 Å². The van der Waals surface area contributed by atoms with Crippen molar-refractivity contribution in [2.45, 2.75) is 38.8 Å². The first kappa shape index (κ1) is 25.4. The van der Waals surface area contributed by atoms with Gasteiger partial charge in [0.15, 0.2) is 0 Å². The maximum Gasteiger partial charge on any atom is 0.251 e. The van der Waals surface area contributed by atoms with Gasteiger partial charge in [0.05, 0.1) is 40.5 Å². The number of amides is 1. The Kier molecular flexibility index (Phi) is 7.31. The van der Waals surface area contributed by atoms with Gasteiger partial charge >= 0.3 is 0 Å². The predicted molar refractivity (Wildman–Crippen MR) is 139 cm³/mol. The van der Waals surface area contributed by atoms with Gasteiger partial charge in [-0.3, -0.25) is 4.79 Å². The standard InChI is InChI=1S/C26H30Cl2N4O3/c1-16-12-32(15-29-16)23-8-5-17(9-24(23)35-4)25(33)30-19-10-18(26(2,3)34)13-31(14-19)20-6-7-21(27)22(28)11-20/h5-9,11-12,15,18-19,34H,10,13-14H2,1-4H3,(H,30,33). The summed E-state index contributed by atoms with van der Waals surface area (Å²) in [4.78, 5) is 19.6. The Bertz CT molecular complexity index is 1220. The fourth-order valence-corrected chi connectivity index (χ4v) is 4.75. The van der Waals surface area contributed by atoms with E-state index in [1.54, 1.807) is 45.5 Å². The fraction of sp³-hybridized carbons (Fsp3) is 0.385. The van der Waals surface area contributed by atoms with E-state index in [9.17, 15) is 9.90 Å². The summed E-state index contributed by atoms with van der Waals surface area (Å²) in [7, 11) is 1.58. The lowest BCUT2D eigenvalue weighted by atomic mass is 9.82. The predicted octanol–water partition coefficient (Wildman–Crippen LogP) is 4.89. The van der Waals surface area contributed by atoms with E-state index in [2.05, 4.69) is 15.2 Å². The summed E-state index contributed by atoms with van der Waals surface area (Å²) < 4.78 is 7.42. The maximum atomic E-state index is 13.2. The number of halogens is 2. The first-order valence-corrected chi connectivity index (χ1v) is 12.2. The van der Waals surface area contributed by atoms with Crippen molar-refractivity contribution in [3.63, 3.8) is 0 Å². The number of methoxy groups -OCH3 is 1. The monoisotopic (exact) mass is 516 g/mol. The SMILES string of the molecule is COc1cc(C(=O)NC2CC(C(C)(C)O)CN(c3ccc(Cl)c(Cl)c3)C2)ccc1-n1cnc(C)c1. The lowest BCUT2D eigenvalue weighted by Gasteiger charge is -2.43. The number of rotatable bonds is 6. The largest absolute Gasteiger partial charge is 0.495 e. The van der Waals surface area contributed by atoms with Crippen LogP contribution in [0, 0.1) is 12.8 Å². The summed E-state index contributed by atoms with van der Waals surface area (Å²) in [5.41, 5.74) is 2.17. The third kappa shape index (κ3) is 5.74. The van der Waals surface area contributed by atoms with Crippen LogP contribution in [0.3, 0.4) is 0 Å². The number of anilines is 1. The van der Waals surface area contributed by atoms with E-state index >= 15 is 0 Å². The molecule has 186 valence electrons. The van der Waals surface area contributed by atoms with Crippen LogP contribution in [-0.2, 0) is 0 Å². The fourth-order valence-electron chi connectivity index (χ4n) is 4.46. The van der Waals surface area contributed by atoms with Crippen molar-refractivity contribution in [2.24, 2.45) is 5.92 Å². The molecule has 7 nitrogen and oxygen atoms in total. The molecule has 35 heavy (non-hydrogen) atoms. The normalized spacial score (nSPS) is 18.4. The van der Waals surface area contributed by atoms with E-state index < -0.39 is 5.60 Å². The number of nitrogens with one attached hydrogen (secondary N) is 1. The molecule has 2 N–H and O–H groups in total. The summed E-state index contributed by atoms with van der Waals surface area (Å²) in [5.74, 6) is 0.315. The number of carbonyl (C=O) groups excluding carboxylic acids is 1. The molecular weight excluding hydrogens is 487 g/mol. The lowest BCUT2D eigenvalue weighted by molar-refractivity contribution is 0.00612. The summed E-state index contributed by atoms with van der Waals surface area (Å²) in [5, 5.41) is 14.9. The molecule has 4 rings (SSSR count). The second-order valence-corrected chi connectivity index (χ2v) is 10.4. The van der Waals surface area contributed by atoms with Gasteiger partial charge in [-0.1, -0.05) is 23.2 Å². The van der Waals surface area contributed by atoms with Crippen LogP contribution < -0.4 is 15.0 Å². The van der Waals surface area contributed by atoms with E-state index in [-0.39, 0.29) is 17.9 Å². The summed E-state index contributed by atoms with van der Waals surface area (Å²) >= 11 is 12.4. The zero-order valence-electron chi connectivity index (χ0n) is 20.3. The molecule has 0 saturated carbocycles. The van der Waals surface area contributed by atoms with Crippen molar-refractivity contribution in [3.05, 3.63) is 70.2 Å². The average Bonchev–Trinajstić information content (AvgIpc) is 3.25. The molecule has 1 aliphatic rings. The van der Waals surface area contributed by atoms with Gasteiger partial charge in [-0.05, 0) is 63.6 Å². The number of imidazole rings is 1. The number of benzene rings is 2. The summed E-state index contributed by atoms with van der Waals surface area (Å²) in [6.07, 6.45) is 4.26. The molecule has 0 bridgehead atoms. The number of aliphatic hydroxyl groups is 1. The molecule has 9 heteroatoms. The molecule has 2 aromatic carbocycles. The van der Waals surface area contributed by atoms with Crippen LogP contribution >= 0.6 is 23.2 Å². The van der Waals surface area contributed by atoms with Crippen molar-refractivity contribution >= 4 is 34.8 Å². The maximum absolute atomic E-state index is 13.2. The zero-order valence-corrected chi connectivity index (χ0v) is 21.8. The van der Waals surface area contributed by atoms with Crippen molar-refractivity contribution < 1.29 is 14.6 Å². The molecule has 1 aromatic heterocycles. The van der Waals surface area contributed by atoms with Crippen LogP contribution in [0.1, 0.15) is 36.3 Å². The minimum absolute atomic E-state index is 0.0580. The Balaban J connectivity index is 1.55. The minimum atomic E-state index is -0.911. The topological polar surface area (TPSA) is 79.6 Å². The molecular formula is C26H30Cl2N4O3. The van der Waals surface area contributed by atoms with Crippen molar-refractivity contribution in [1.82, 2.24) is 14.9 Å². The molecule has 0 radical (unpaired) electrons. The van der Waals surface area contributed by atoms with Crippen molar-refractivity contribution in [3.8, 4) is 11.4 Å². The van der Waals surface area contributed by atoms with E-state index in [4.69, 9.17) is 27.9 Å². The number of hydrogen-bond acceptors (Lipinski definition) is 5. The number of nitrogens with zero attached hydrogens (tertiary/aromatic N) is 3. The quantitative estimate of drug-likeness (QED) is 0.487. The van der Waals surface area contributed by atoms with E-state index in [1.165, 1.54) is 0 Å². The van der Waals surface area contributed by atoms with Crippen LogP contribution in [0.2, 0.25) is 10.0 Å². The molecule has 2 heterocycles. The second kappa shape index (κ2) is 10.1. The van der Waals surface area contributed by atoms with Crippen LogP contribution in [0.5, 0.6) is 5.75 Å². The Labute approximate surface area is 215 Å². The number of carbonyl (C=O) groups is 1. The zero-order chi connectivity index (χ0) is 25.3. The van der Waals surface area contributed by atoms with Crippen LogP contribution in [0.25, 0.3) is 5.69 Å². The molecule has 2 unspecified atom stereocenters. The average molecular weight is 517 g/mol. The highest BCUT2D eigenvalue weighted by atomic mass is 35.5. The minimum Gasteiger partial charge on any atom is -0.495 e. The van der Waals surface area contributed by atoms with Gasteiger partial charge in [-0.25, -0.2) is 4.98 Å². The highest BCUT2D eigenvalue weighted by molar-refractivity contribution is 6.42. The van der Waals surface area contributed by atoms with Gasteiger partial charge in [-0.2, -0.15) is 0 Å². The number of hydrogen-bond donors (Lipinski definition) is 2. The highest BCUT2D eigenvalue weighted by Crippen LogP contribution is 2.33. The number of aromatic nitrogens is 2. The molecule has 2 atom stereocenters. The molecule has 1 saturated heterocycles. The Morgan fingerprint density at radius 3 is 2.57 bits per heavy atom. The molecule has 1 amide bonds. The Morgan fingerprint density at radius 1 is 1.17 bits per heavy atom. The van der Waals surface area contributed by atoms with E-state index in [0.717, 1.165) is 17.1 Å². The first-order chi connectivity index (χ1) is 16.5. The lowest BCUT2D eigenvalue weighted by Crippen LogP contribution is -2.55. The molecule has 0 aliphatic carbocycles. The first-order valence-electron chi connectivity index (χ1n) is 11.5. The molecule has 0 spiro atoms. The third-order valence-electron chi connectivity index (χ3n) is 6.48. The second-order valence-electron chi connectivity index (χ2n) is 9.57. The summed E-state index contributed by atoms with van der Waals surface area (Å²) in [6, 6.07) is 10.7. The van der Waals surface area contributed by atoms with Gasteiger partial charge < -0.3 is 24.6 Å². The Morgan fingerprint density at radius 2 is 1.94 bits per heavy atom. The van der Waals surface area contributed by atoms with Gasteiger partial charge in [0.1, 0.15) is 5.75 Å². The van der Waals surface area contributed by atoms with E-state index in [0.29, 0.717) is 40.9 Å². The van der Waals surface area contributed by atoms with Gasteiger partial charge in [0.25, 0.3) is 5.91 Å². The van der Waals surface area contributed by atoms with E-state index in [1.807, 2.05) is 35.9 Å². The molecule has 3 aromatic rings. The van der Waals surface area contributed by atoms with Gasteiger partial charge in [-0.15, -0.1) is 0 Å². The molecule has 1 aliphatic heterocycles. The summed E-state index contributed by atoms with van der Waals surface area (Å²) in [6.45, 7) is 6.74. The third-order valence-corrected chi connectivity index (χ3v) is 7.22. The molecule has 1 fully saturated rings. The number of ether oxygens (including phenoxy) is 1. The van der Waals surface area contributed by atoms with Gasteiger partial charge in [0, 0.05) is 42.5 Å². The van der Waals surface area contributed by atoms with Crippen LogP contribution in [-0.4, -0.2) is 52.4 Å². The Hall–Kier alpha value is -2.74. The smallest absolute Gasteiger partial charge is 0.251 e. The van der Waals surface area contributed by atoms with Crippen molar-refractivity contribution in [1.29, 1.82) is 0 Å². The van der Waals surface area contributed by atoms with Crippen LogP contribution in [0.15, 0.2) is 48.9 Å². The highest BCUT2D eigenvalue weighted by Gasteiger charge is 2.36. The van der Waals surface area contributed by atoms with Crippen molar-refractivity contribution in [2.75, 3.05) is 25.1 Å². The number of aryl methyl sites for hydroxylation is 1.